The van der Waals surface area contributed by atoms with Crippen LogP contribution in [0.25, 0.3) is 0 Å². The number of halogens is 1. The van der Waals surface area contributed by atoms with Crippen molar-refractivity contribution in [1.82, 2.24) is 9.88 Å². The molecule has 1 aromatic heterocycles. The normalized spacial score (nSPS) is 15.9. The summed E-state index contributed by atoms with van der Waals surface area (Å²) in [6.45, 7) is 2.17. The quantitative estimate of drug-likeness (QED) is 0.727. The summed E-state index contributed by atoms with van der Waals surface area (Å²) in [6, 6.07) is 17.9. The summed E-state index contributed by atoms with van der Waals surface area (Å²) in [4.78, 5) is 6.25. The Morgan fingerprint density at radius 3 is 2.56 bits per heavy atom. The molecule has 1 saturated heterocycles. The van der Waals surface area contributed by atoms with Gasteiger partial charge >= 0.3 is 0 Å². The fraction of sp³-hybridized carbons (Fsp3) is 0.227. The van der Waals surface area contributed by atoms with Crippen molar-refractivity contribution in [1.29, 1.82) is 0 Å². The van der Waals surface area contributed by atoms with E-state index in [1.165, 1.54) is 12.1 Å². The number of para-hydroxylation sites is 1. The first kappa shape index (κ1) is 17.6. The second-order valence-electron chi connectivity index (χ2n) is 6.94. The summed E-state index contributed by atoms with van der Waals surface area (Å²) >= 11 is 0. The van der Waals surface area contributed by atoms with Crippen LogP contribution in [0.5, 0.6) is 5.75 Å². The molecule has 0 aliphatic carbocycles. The van der Waals surface area contributed by atoms with E-state index in [9.17, 15) is 9.50 Å². The largest absolute Gasteiger partial charge is 0.489 e. The third-order valence-electron chi connectivity index (χ3n) is 4.84. The summed E-state index contributed by atoms with van der Waals surface area (Å²) in [6.07, 6.45) is 3.53. The first-order valence-electron chi connectivity index (χ1n) is 8.93. The Hall–Kier alpha value is -2.76. The molecule has 0 spiro atoms. The number of likely N-dealkylation sites (tertiary alicyclic amines) is 1. The monoisotopic (exact) mass is 364 g/mol. The minimum absolute atomic E-state index is 0.293. The maximum Gasteiger partial charge on any atom is 0.124 e. The number of nitrogens with zero attached hydrogens (tertiary/aromatic N) is 2. The van der Waals surface area contributed by atoms with Gasteiger partial charge in [-0.15, -0.1) is 0 Å². The third kappa shape index (κ3) is 3.99. The van der Waals surface area contributed by atoms with Gasteiger partial charge in [-0.05, 0) is 29.8 Å². The summed E-state index contributed by atoms with van der Waals surface area (Å²) in [7, 11) is 0. The van der Waals surface area contributed by atoms with Crippen LogP contribution in [0, 0.1) is 5.82 Å². The molecular formula is C22H21FN2O2. The molecule has 0 unspecified atom stereocenters. The zero-order valence-corrected chi connectivity index (χ0v) is 14.9. The van der Waals surface area contributed by atoms with Gasteiger partial charge < -0.3 is 9.84 Å². The Kier molecular flexibility index (Phi) is 4.88. The number of hydrogen-bond acceptors (Lipinski definition) is 4. The zero-order valence-electron chi connectivity index (χ0n) is 14.9. The van der Waals surface area contributed by atoms with E-state index in [0.717, 1.165) is 22.4 Å². The van der Waals surface area contributed by atoms with Gasteiger partial charge in [0, 0.05) is 43.2 Å². The highest BCUT2D eigenvalue weighted by molar-refractivity contribution is 5.34. The standard InChI is InChI=1S/C22H21FN2O2/c23-20-9-7-19(8-10-20)22(26)15-25(16-22)13-18-5-1-2-6-21(18)27-14-17-4-3-11-24-12-17/h1-12,26H,13-16H2. The van der Waals surface area contributed by atoms with E-state index < -0.39 is 5.60 Å². The molecule has 2 heterocycles. The molecule has 1 N–H and O–H groups in total. The van der Waals surface area contributed by atoms with Crippen LogP contribution < -0.4 is 4.74 Å². The SMILES string of the molecule is OC1(c2ccc(F)cc2)CN(Cc2ccccc2OCc2cccnc2)C1. The zero-order chi connectivity index (χ0) is 18.7. The summed E-state index contributed by atoms with van der Waals surface area (Å²) < 4.78 is 19.1. The molecule has 138 valence electrons. The van der Waals surface area contributed by atoms with Gasteiger partial charge in [0.25, 0.3) is 0 Å². The molecule has 0 saturated carbocycles. The maximum atomic E-state index is 13.1. The average Bonchev–Trinajstić information content (AvgIpc) is 2.67. The lowest BCUT2D eigenvalue weighted by atomic mass is 9.86. The molecule has 4 rings (SSSR count). The summed E-state index contributed by atoms with van der Waals surface area (Å²) in [5, 5.41) is 10.7. The molecule has 5 heteroatoms. The van der Waals surface area contributed by atoms with E-state index in [2.05, 4.69) is 9.88 Å². The van der Waals surface area contributed by atoms with E-state index in [1.54, 1.807) is 24.5 Å². The summed E-state index contributed by atoms with van der Waals surface area (Å²) in [5.74, 6) is 0.539. The molecule has 27 heavy (non-hydrogen) atoms. The molecule has 4 nitrogen and oxygen atoms in total. The Morgan fingerprint density at radius 1 is 1.04 bits per heavy atom. The molecule has 3 aromatic rings. The van der Waals surface area contributed by atoms with E-state index in [-0.39, 0.29) is 5.82 Å². The fourth-order valence-corrected chi connectivity index (χ4v) is 3.41. The number of hydrogen-bond donors (Lipinski definition) is 1. The van der Waals surface area contributed by atoms with Crippen LogP contribution in [0.15, 0.2) is 73.1 Å². The Morgan fingerprint density at radius 2 is 1.81 bits per heavy atom. The van der Waals surface area contributed by atoms with Gasteiger partial charge in [-0.25, -0.2) is 4.39 Å². The van der Waals surface area contributed by atoms with Crippen LogP contribution >= 0.6 is 0 Å². The Labute approximate surface area is 157 Å². The number of pyridine rings is 1. The number of aliphatic hydroxyl groups is 1. The van der Waals surface area contributed by atoms with Crippen LogP contribution in [0.4, 0.5) is 4.39 Å². The van der Waals surface area contributed by atoms with E-state index in [4.69, 9.17) is 4.74 Å². The van der Waals surface area contributed by atoms with Gasteiger partial charge in [0.05, 0.1) is 0 Å². The molecule has 0 amide bonds. The van der Waals surface area contributed by atoms with Crippen molar-refractivity contribution in [3.05, 3.63) is 95.6 Å². The molecule has 1 aliphatic rings. The van der Waals surface area contributed by atoms with Crippen LogP contribution in [-0.2, 0) is 18.8 Å². The van der Waals surface area contributed by atoms with Gasteiger partial charge in [-0.3, -0.25) is 9.88 Å². The van der Waals surface area contributed by atoms with Crippen molar-refractivity contribution in [2.45, 2.75) is 18.8 Å². The van der Waals surface area contributed by atoms with Gasteiger partial charge in [0.15, 0.2) is 0 Å². The summed E-state index contributed by atoms with van der Waals surface area (Å²) in [5.41, 5.74) is 1.92. The average molecular weight is 364 g/mol. The maximum absolute atomic E-state index is 13.1. The lowest BCUT2D eigenvalue weighted by molar-refractivity contribution is -0.108. The highest BCUT2D eigenvalue weighted by atomic mass is 19.1. The molecule has 0 atom stereocenters. The van der Waals surface area contributed by atoms with Crippen molar-refractivity contribution < 1.29 is 14.2 Å². The minimum atomic E-state index is -0.917. The number of β-amino-alcohol motifs (C(OH)–C–C–N with tert-alkyl or cyclic N) is 1. The second-order valence-corrected chi connectivity index (χ2v) is 6.94. The molecule has 2 aromatic carbocycles. The first-order valence-corrected chi connectivity index (χ1v) is 8.93. The van der Waals surface area contributed by atoms with Gasteiger partial charge in [0.1, 0.15) is 23.8 Å². The smallest absolute Gasteiger partial charge is 0.124 e. The molecule has 1 aliphatic heterocycles. The van der Waals surface area contributed by atoms with Gasteiger partial charge in [-0.2, -0.15) is 0 Å². The van der Waals surface area contributed by atoms with Gasteiger partial charge in [-0.1, -0.05) is 36.4 Å². The molecule has 0 radical (unpaired) electrons. The number of benzene rings is 2. The predicted molar refractivity (Wildman–Crippen MR) is 101 cm³/mol. The van der Waals surface area contributed by atoms with Crippen molar-refractivity contribution in [2.24, 2.45) is 0 Å². The van der Waals surface area contributed by atoms with E-state index >= 15 is 0 Å². The molecule has 1 fully saturated rings. The van der Waals surface area contributed by atoms with Crippen LogP contribution in [0.2, 0.25) is 0 Å². The Balaban J connectivity index is 1.39. The van der Waals surface area contributed by atoms with Crippen molar-refractivity contribution in [3.63, 3.8) is 0 Å². The van der Waals surface area contributed by atoms with Crippen molar-refractivity contribution in [3.8, 4) is 5.75 Å². The van der Waals surface area contributed by atoms with E-state index in [0.29, 0.717) is 26.2 Å². The number of aromatic nitrogens is 1. The molecular weight excluding hydrogens is 343 g/mol. The van der Waals surface area contributed by atoms with Crippen molar-refractivity contribution in [2.75, 3.05) is 13.1 Å². The minimum Gasteiger partial charge on any atom is -0.489 e. The number of rotatable bonds is 6. The lowest BCUT2D eigenvalue weighted by Crippen LogP contribution is -2.58. The van der Waals surface area contributed by atoms with E-state index in [1.807, 2.05) is 36.4 Å². The van der Waals surface area contributed by atoms with Gasteiger partial charge in [0.2, 0.25) is 0 Å². The van der Waals surface area contributed by atoms with Crippen molar-refractivity contribution >= 4 is 0 Å². The number of ether oxygens (including phenoxy) is 1. The topological polar surface area (TPSA) is 45.6 Å². The van der Waals surface area contributed by atoms with Crippen LogP contribution in [0.3, 0.4) is 0 Å². The Bertz CT molecular complexity index is 894. The fourth-order valence-electron chi connectivity index (χ4n) is 3.41. The second kappa shape index (κ2) is 7.47. The molecule has 0 bridgehead atoms. The predicted octanol–water partition coefficient (Wildman–Crippen LogP) is 3.50. The lowest BCUT2D eigenvalue weighted by Gasteiger charge is -2.47. The first-order chi connectivity index (χ1) is 13.1. The van der Waals surface area contributed by atoms with Crippen LogP contribution in [0.1, 0.15) is 16.7 Å². The third-order valence-corrected chi connectivity index (χ3v) is 4.84. The highest BCUT2D eigenvalue weighted by Gasteiger charge is 2.42. The van der Waals surface area contributed by atoms with Crippen LogP contribution in [-0.4, -0.2) is 28.1 Å². The highest BCUT2D eigenvalue weighted by Crippen LogP contribution is 2.34.